The molecule has 0 aliphatic rings. The molecule has 0 amide bonds. The van der Waals surface area contributed by atoms with Gasteiger partial charge < -0.3 is 19.3 Å². The number of carbonyl (C=O) groups excluding carboxylic acids is 2. The topological polar surface area (TPSA) is 59.1 Å². The molecule has 56 heavy (non-hydrogen) atoms. The summed E-state index contributed by atoms with van der Waals surface area (Å²) in [6.45, 7) is 15.0. The average Bonchev–Trinajstić information content (AvgIpc) is 3.25. The first-order valence-electron chi connectivity index (χ1n) is 19.1. The second-order valence-corrected chi connectivity index (χ2v) is 13.6. The van der Waals surface area contributed by atoms with Crippen LogP contribution < -0.4 is 9.80 Å². The molecule has 6 nitrogen and oxygen atoms in total. The fraction of sp³-hybridized carbons (Fsp3) is 0.160. The van der Waals surface area contributed by atoms with Gasteiger partial charge in [0.05, 0.1) is 0 Å². The summed E-state index contributed by atoms with van der Waals surface area (Å²) >= 11 is 0. The largest absolute Gasteiger partial charge is 0.455 e. The van der Waals surface area contributed by atoms with Gasteiger partial charge in [0.15, 0.2) is 0 Å². The van der Waals surface area contributed by atoms with E-state index in [1.54, 1.807) is 0 Å². The highest BCUT2D eigenvalue weighted by molar-refractivity contribution is 5.83. The van der Waals surface area contributed by atoms with E-state index in [1.165, 1.54) is 23.3 Å². The van der Waals surface area contributed by atoms with Crippen molar-refractivity contribution >= 4 is 46.1 Å². The van der Waals surface area contributed by atoms with Crippen molar-refractivity contribution in [3.63, 3.8) is 0 Å². The molecule has 282 valence electrons. The zero-order valence-corrected chi connectivity index (χ0v) is 32.5. The van der Waals surface area contributed by atoms with Gasteiger partial charge in [0.1, 0.15) is 12.2 Å². The van der Waals surface area contributed by atoms with E-state index >= 15 is 0 Å². The van der Waals surface area contributed by atoms with Crippen LogP contribution in [-0.2, 0) is 31.9 Å². The van der Waals surface area contributed by atoms with Crippen LogP contribution in [0, 0.1) is 0 Å². The number of aryl methyl sites for hydroxylation is 2. The Labute approximate surface area is 331 Å². The van der Waals surface area contributed by atoms with Gasteiger partial charge in [0.2, 0.25) is 0 Å². The van der Waals surface area contributed by atoms with Crippen LogP contribution in [-0.4, -0.2) is 11.9 Å². The highest BCUT2D eigenvalue weighted by atomic mass is 16.5. The number of ether oxygens (including phenoxy) is 2. The number of esters is 2. The fourth-order valence-electron chi connectivity index (χ4n) is 6.63. The minimum Gasteiger partial charge on any atom is -0.455 e. The molecule has 6 aromatic rings. The molecule has 0 radical (unpaired) electrons. The van der Waals surface area contributed by atoms with Gasteiger partial charge in [-0.1, -0.05) is 99.8 Å². The van der Waals surface area contributed by atoms with Crippen molar-refractivity contribution in [2.45, 2.75) is 52.7 Å². The number of benzene rings is 6. The van der Waals surface area contributed by atoms with E-state index in [0.717, 1.165) is 69.2 Å². The van der Waals surface area contributed by atoms with E-state index in [2.05, 4.69) is 158 Å². The van der Waals surface area contributed by atoms with Crippen molar-refractivity contribution in [3.05, 3.63) is 193 Å². The van der Waals surface area contributed by atoms with Crippen LogP contribution in [0.25, 0.3) is 11.1 Å². The third kappa shape index (κ3) is 9.16. The third-order valence-corrected chi connectivity index (χ3v) is 9.95. The normalized spacial score (nSPS) is 11.9. The summed E-state index contributed by atoms with van der Waals surface area (Å²) in [5.74, 6) is -0.890. The lowest BCUT2D eigenvalue weighted by Gasteiger charge is -2.27. The van der Waals surface area contributed by atoms with Gasteiger partial charge in [-0.25, -0.2) is 9.59 Å². The van der Waals surface area contributed by atoms with Crippen LogP contribution >= 0.6 is 0 Å². The number of hydrogen-bond acceptors (Lipinski definition) is 6. The Morgan fingerprint density at radius 2 is 0.714 bits per heavy atom. The minimum absolute atomic E-state index is 0.392. The van der Waals surface area contributed by atoms with Gasteiger partial charge in [0.25, 0.3) is 0 Å². The SMILES string of the molecule is C=CC(=O)OC(C)c1ccc(N(c2ccc(CC)cc2)c2ccc(-c3ccc(N(c4ccc(CC)cc4)c4ccc(C(C)OC(=O)C=C)cc4)cc3)cc2)cc1. The molecule has 0 N–H and O–H groups in total. The maximum atomic E-state index is 11.8. The molecule has 0 saturated heterocycles. The van der Waals surface area contributed by atoms with Crippen molar-refractivity contribution in [3.8, 4) is 11.1 Å². The van der Waals surface area contributed by atoms with Crippen LogP contribution in [0.2, 0.25) is 0 Å². The van der Waals surface area contributed by atoms with Crippen LogP contribution in [0.5, 0.6) is 0 Å². The van der Waals surface area contributed by atoms with Crippen LogP contribution in [0.3, 0.4) is 0 Å². The average molecular weight is 741 g/mol. The zero-order valence-electron chi connectivity index (χ0n) is 32.5. The summed E-state index contributed by atoms with van der Waals surface area (Å²) in [7, 11) is 0. The zero-order chi connectivity index (χ0) is 39.6. The van der Waals surface area contributed by atoms with Gasteiger partial charge in [0, 0.05) is 46.3 Å². The van der Waals surface area contributed by atoms with Crippen molar-refractivity contribution in [1.29, 1.82) is 0 Å². The van der Waals surface area contributed by atoms with Gasteiger partial charge in [-0.05, 0) is 133 Å². The van der Waals surface area contributed by atoms with Gasteiger partial charge in [-0.3, -0.25) is 0 Å². The first kappa shape index (κ1) is 39.0. The standard InChI is InChI=1S/C50H48N2O4/c1-7-37-11-23-43(24-12-37)51(45-27-15-39(16-28-45)35(5)55-49(53)9-3)47-31-19-41(20-32-47)42-21-33-48(34-22-42)52(44-25-13-38(8-2)14-26-44)46-29-17-40(18-30-46)36(6)56-50(54)10-4/h9-36H,3-4,7-8H2,1-2,5-6H3. The van der Waals surface area contributed by atoms with Crippen LogP contribution in [0.15, 0.2) is 171 Å². The Kier molecular flexibility index (Phi) is 12.6. The maximum Gasteiger partial charge on any atom is 0.330 e. The lowest BCUT2D eigenvalue weighted by atomic mass is 10.0. The predicted molar refractivity (Wildman–Crippen MR) is 229 cm³/mol. The lowest BCUT2D eigenvalue weighted by Crippen LogP contribution is -2.11. The smallest absolute Gasteiger partial charge is 0.330 e. The fourth-order valence-corrected chi connectivity index (χ4v) is 6.63. The quantitative estimate of drug-likeness (QED) is 0.0772. The summed E-state index contributed by atoms with van der Waals surface area (Å²) in [6, 6.07) is 50.7. The summed E-state index contributed by atoms with van der Waals surface area (Å²) in [4.78, 5) is 28.1. The summed E-state index contributed by atoms with van der Waals surface area (Å²) in [5, 5.41) is 0. The second-order valence-electron chi connectivity index (χ2n) is 13.6. The van der Waals surface area contributed by atoms with Crippen LogP contribution in [0.1, 0.15) is 62.2 Å². The molecule has 0 saturated carbocycles. The number of rotatable bonds is 15. The molecule has 0 bridgehead atoms. The molecule has 6 aromatic carbocycles. The van der Waals surface area contributed by atoms with Crippen molar-refractivity contribution < 1.29 is 19.1 Å². The molecular formula is C50H48N2O4. The van der Waals surface area contributed by atoms with E-state index in [0.29, 0.717) is 0 Å². The third-order valence-electron chi connectivity index (χ3n) is 9.95. The molecule has 0 fully saturated rings. The molecule has 2 atom stereocenters. The number of nitrogens with zero attached hydrogens (tertiary/aromatic N) is 2. The Balaban J connectivity index is 1.28. The molecule has 6 rings (SSSR count). The molecule has 0 spiro atoms. The van der Waals surface area contributed by atoms with E-state index < -0.39 is 24.1 Å². The van der Waals surface area contributed by atoms with E-state index in [4.69, 9.17) is 9.47 Å². The minimum atomic E-state index is -0.445. The van der Waals surface area contributed by atoms with Crippen molar-refractivity contribution in [1.82, 2.24) is 0 Å². The van der Waals surface area contributed by atoms with Crippen molar-refractivity contribution in [2.24, 2.45) is 0 Å². The summed E-state index contributed by atoms with van der Waals surface area (Å²) in [6.07, 6.45) is 3.51. The van der Waals surface area contributed by atoms with Gasteiger partial charge in [-0.2, -0.15) is 0 Å². The molecule has 0 aromatic heterocycles. The number of anilines is 6. The first-order chi connectivity index (χ1) is 27.2. The lowest BCUT2D eigenvalue weighted by molar-refractivity contribution is -0.143. The summed E-state index contributed by atoms with van der Waals surface area (Å²) < 4.78 is 10.9. The van der Waals surface area contributed by atoms with Crippen LogP contribution in [0.4, 0.5) is 34.1 Å². The van der Waals surface area contributed by atoms with Crippen molar-refractivity contribution in [2.75, 3.05) is 9.80 Å². The molecule has 0 aliphatic heterocycles. The summed E-state index contributed by atoms with van der Waals surface area (Å²) in [5.41, 5.74) is 12.7. The predicted octanol–water partition coefficient (Wildman–Crippen LogP) is 13.0. The number of hydrogen-bond donors (Lipinski definition) is 0. The van der Waals surface area contributed by atoms with E-state index in [9.17, 15) is 9.59 Å². The Morgan fingerprint density at radius 1 is 0.464 bits per heavy atom. The highest BCUT2D eigenvalue weighted by Crippen LogP contribution is 2.39. The molecule has 6 heteroatoms. The first-order valence-corrected chi connectivity index (χ1v) is 19.1. The molecular weight excluding hydrogens is 693 g/mol. The van der Waals surface area contributed by atoms with Gasteiger partial charge in [-0.15, -0.1) is 0 Å². The number of carbonyl (C=O) groups is 2. The highest BCUT2D eigenvalue weighted by Gasteiger charge is 2.17. The Bertz CT molecular complexity index is 2080. The van der Waals surface area contributed by atoms with E-state index in [-0.39, 0.29) is 0 Å². The maximum absolute atomic E-state index is 11.8. The monoisotopic (exact) mass is 740 g/mol. The second kappa shape index (κ2) is 18.1. The van der Waals surface area contributed by atoms with E-state index in [1.807, 2.05) is 38.1 Å². The molecule has 0 aliphatic carbocycles. The molecule has 0 heterocycles. The molecule has 2 unspecified atom stereocenters. The van der Waals surface area contributed by atoms with Gasteiger partial charge >= 0.3 is 11.9 Å². The Hall–Kier alpha value is -6.66. The Morgan fingerprint density at radius 3 is 0.964 bits per heavy atom.